The summed E-state index contributed by atoms with van der Waals surface area (Å²) in [6.45, 7) is 0. The van der Waals surface area contributed by atoms with Crippen LogP contribution in [0.15, 0.2) is 78.9 Å². The van der Waals surface area contributed by atoms with Crippen molar-refractivity contribution < 1.29 is 14.3 Å². The number of halogens is 2. The molecule has 0 aliphatic heterocycles. The molecule has 3 rings (SSSR count). The topological polar surface area (TPSA) is 43.4 Å². The van der Waals surface area contributed by atoms with Crippen molar-refractivity contribution >= 4 is 35.0 Å². The van der Waals surface area contributed by atoms with Gasteiger partial charge in [-0.15, -0.1) is 0 Å². The Kier molecular flexibility index (Phi) is 5.71. The van der Waals surface area contributed by atoms with Crippen LogP contribution in [0.25, 0.3) is 0 Å². The molecule has 0 aliphatic rings. The molecule has 3 aromatic rings. The number of Topliss-reactive ketones (excluding diaryl/α,β-unsaturated/α-hetero) is 1. The van der Waals surface area contributed by atoms with E-state index in [0.29, 0.717) is 16.1 Å². The predicted octanol–water partition coefficient (Wildman–Crippen LogP) is 5.77. The highest BCUT2D eigenvalue weighted by molar-refractivity contribution is 6.36. The van der Waals surface area contributed by atoms with Gasteiger partial charge in [0.2, 0.25) is 5.78 Å². The smallest absolute Gasteiger partial charge is 0.340 e. The SMILES string of the molecule is O=C(OC(C(=O)c1ccccc1)c1ccccc1)c1ccc(Cl)cc1Cl. The maximum atomic E-state index is 12.9. The van der Waals surface area contributed by atoms with Gasteiger partial charge in [-0.2, -0.15) is 0 Å². The van der Waals surface area contributed by atoms with E-state index in [1.807, 2.05) is 12.1 Å². The Hall–Kier alpha value is -2.62. The summed E-state index contributed by atoms with van der Waals surface area (Å²) >= 11 is 11.9. The van der Waals surface area contributed by atoms with Crippen LogP contribution in [-0.4, -0.2) is 11.8 Å². The Morgan fingerprint density at radius 1 is 0.808 bits per heavy atom. The minimum absolute atomic E-state index is 0.151. The standard InChI is InChI=1S/C21H14Cl2O3/c22-16-11-12-17(18(23)13-16)21(25)26-20(15-9-5-2-6-10-15)19(24)14-7-3-1-4-8-14/h1-13,20H. The molecule has 0 saturated carbocycles. The van der Waals surface area contributed by atoms with Crippen LogP contribution in [0.4, 0.5) is 0 Å². The Labute approximate surface area is 161 Å². The van der Waals surface area contributed by atoms with Gasteiger partial charge < -0.3 is 4.74 Å². The van der Waals surface area contributed by atoms with Crippen LogP contribution >= 0.6 is 23.2 Å². The molecule has 0 aliphatic carbocycles. The molecule has 0 amide bonds. The van der Waals surface area contributed by atoms with Crippen molar-refractivity contribution in [3.8, 4) is 0 Å². The fourth-order valence-corrected chi connectivity index (χ4v) is 2.97. The van der Waals surface area contributed by atoms with E-state index in [4.69, 9.17) is 27.9 Å². The maximum absolute atomic E-state index is 12.9. The van der Waals surface area contributed by atoms with Gasteiger partial charge in [0.1, 0.15) is 0 Å². The predicted molar refractivity (Wildman–Crippen MR) is 102 cm³/mol. The van der Waals surface area contributed by atoms with Gasteiger partial charge in [0.15, 0.2) is 6.10 Å². The number of ether oxygens (including phenoxy) is 1. The molecule has 1 atom stereocenters. The second-order valence-corrected chi connectivity index (χ2v) is 6.39. The van der Waals surface area contributed by atoms with E-state index >= 15 is 0 Å². The first-order valence-electron chi connectivity index (χ1n) is 7.86. The Balaban J connectivity index is 1.94. The molecule has 5 heteroatoms. The van der Waals surface area contributed by atoms with E-state index in [0.717, 1.165) is 0 Å². The molecule has 0 fully saturated rings. The summed E-state index contributed by atoms with van der Waals surface area (Å²) in [7, 11) is 0. The lowest BCUT2D eigenvalue weighted by molar-refractivity contribution is 0.0280. The molecular formula is C21H14Cl2O3. The molecule has 3 nitrogen and oxygen atoms in total. The number of benzene rings is 3. The fourth-order valence-electron chi connectivity index (χ4n) is 2.48. The normalized spacial score (nSPS) is 11.6. The van der Waals surface area contributed by atoms with Crippen molar-refractivity contribution in [2.45, 2.75) is 6.10 Å². The summed E-state index contributed by atoms with van der Waals surface area (Å²) < 4.78 is 5.54. The molecule has 130 valence electrons. The zero-order chi connectivity index (χ0) is 18.5. The van der Waals surface area contributed by atoms with Gasteiger partial charge in [-0.3, -0.25) is 4.79 Å². The summed E-state index contributed by atoms with van der Waals surface area (Å²) in [6.07, 6.45) is -1.07. The van der Waals surface area contributed by atoms with Crippen molar-refractivity contribution in [2.24, 2.45) is 0 Å². The van der Waals surface area contributed by atoms with E-state index in [9.17, 15) is 9.59 Å². The van der Waals surface area contributed by atoms with Gasteiger partial charge in [-0.25, -0.2) is 4.79 Å². The third-order valence-corrected chi connectivity index (χ3v) is 4.32. The molecule has 0 N–H and O–H groups in total. The van der Waals surface area contributed by atoms with Crippen LogP contribution in [0.2, 0.25) is 10.0 Å². The van der Waals surface area contributed by atoms with E-state index in [1.165, 1.54) is 12.1 Å². The minimum atomic E-state index is -1.07. The molecular weight excluding hydrogens is 371 g/mol. The lowest BCUT2D eigenvalue weighted by Crippen LogP contribution is -2.20. The molecule has 3 aromatic carbocycles. The van der Waals surface area contributed by atoms with E-state index < -0.39 is 12.1 Å². The quantitative estimate of drug-likeness (QED) is 0.413. The lowest BCUT2D eigenvalue weighted by atomic mass is 10.00. The van der Waals surface area contributed by atoms with Crippen LogP contribution in [0.3, 0.4) is 0 Å². The Morgan fingerprint density at radius 2 is 1.42 bits per heavy atom. The second-order valence-electron chi connectivity index (χ2n) is 5.55. The number of esters is 1. The van der Waals surface area contributed by atoms with Crippen molar-refractivity contribution in [2.75, 3.05) is 0 Å². The molecule has 0 aromatic heterocycles. The van der Waals surface area contributed by atoms with Crippen LogP contribution in [-0.2, 0) is 4.74 Å². The number of ketones is 1. The molecule has 26 heavy (non-hydrogen) atoms. The van der Waals surface area contributed by atoms with E-state index in [2.05, 4.69) is 0 Å². The number of rotatable bonds is 5. The third kappa shape index (κ3) is 4.13. The van der Waals surface area contributed by atoms with Gasteiger partial charge in [0.05, 0.1) is 10.6 Å². The largest absolute Gasteiger partial charge is 0.445 e. The minimum Gasteiger partial charge on any atom is -0.445 e. The third-order valence-electron chi connectivity index (χ3n) is 3.77. The highest BCUT2D eigenvalue weighted by Gasteiger charge is 2.27. The van der Waals surface area contributed by atoms with Gasteiger partial charge in [0, 0.05) is 16.1 Å². The monoisotopic (exact) mass is 384 g/mol. The van der Waals surface area contributed by atoms with E-state index in [1.54, 1.807) is 54.6 Å². The number of hydrogen-bond acceptors (Lipinski definition) is 3. The zero-order valence-corrected chi connectivity index (χ0v) is 15.1. The summed E-state index contributed by atoms with van der Waals surface area (Å²) in [6, 6.07) is 22.0. The number of carbonyl (C=O) groups is 2. The average molecular weight is 385 g/mol. The molecule has 0 spiro atoms. The second kappa shape index (κ2) is 8.17. The fraction of sp³-hybridized carbons (Fsp3) is 0.0476. The van der Waals surface area contributed by atoms with Crippen LogP contribution in [0.1, 0.15) is 32.4 Å². The summed E-state index contributed by atoms with van der Waals surface area (Å²) in [5, 5.41) is 0.577. The summed E-state index contributed by atoms with van der Waals surface area (Å²) in [4.78, 5) is 25.5. The van der Waals surface area contributed by atoms with Crippen LogP contribution in [0, 0.1) is 0 Å². The van der Waals surface area contributed by atoms with Gasteiger partial charge in [-0.1, -0.05) is 83.9 Å². The Bertz CT molecular complexity index is 925. The first-order valence-corrected chi connectivity index (χ1v) is 8.62. The maximum Gasteiger partial charge on any atom is 0.340 e. The van der Waals surface area contributed by atoms with Crippen molar-refractivity contribution in [3.05, 3.63) is 106 Å². The molecule has 0 bridgehead atoms. The van der Waals surface area contributed by atoms with Crippen molar-refractivity contribution in [3.63, 3.8) is 0 Å². The van der Waals surface area contributed by atoms with Gasteiger partial charge in [0.25, 0.3) is 0 Å². The van der Waals surface area contributed by atoms with Crippen molar-refractivity contribution in [1.82, 2.24) is 0 Å². The number of hydrogen-bond donors (Lipinski definition) is 0. The summed E-state index contributed by atoms with van der Waals surface area (Å²) in [5.74, 6) is -1.000. The highest BCUT2D eigenvalue weighted by Crippen LogP contribution is 2.27. The van der Waals surface area contributed by atoms with E-state index in [-0.39, 0.29) is 16.4 Å². The Morgan fingerprint density at radius 3 is 2.04 bits per heavy atom. The van der Waals surface area contributed by atoms with Gasteiger partial charge >= 0.3 is 5.97 Å². The molecule has 0 heterocycles. The number of carbonyl (C=O) groups excluding carboxylic acids is 2. The zero-order valence-electron chi connectivity index (χ0n) is 13.6. The van der Waals surface area contributed by atoms with Crippen LogP contribution in [0.5, 0.6) is 0 Å². The molecule has 0 saturated heterocycles. The lowest BCUT2D eigenvalue weighted by Gasteiger charge is -2.18. The molecule has 1 unspecified atom stereocenters. The van der Waals surface area contributed by atoms with Gasteiger partial charge in [-0.05, 0) is 18.2 Å². The average Bonchev–Trinajstić information content (AvgIpc) is 2.67. The summed E-state index contributed by atoms with van der Waals surface area (Å²) in [5.41, 5.74) is 1.19. The first kappa shape index (κ1) is 18.2. The molecule has 0 radical (unpaired) electrons. The highest BCUT2D eigenvalue weighted by atomic mass is 35.5. The van der Waals surface area contributed by atoms with Crippen molar-refractivity contribution in [1.29, 1.82) is 0 Å². The van der Waals surface area contributed by atoms with Crippen LogP contribution < -0.4 is 0 Å². The first-order chi connectivity index (χ1) is 12.6.